The number of phenols is 1. The van der Waals surface area contributed by atoms with Crippen molar-refractivity contribution in [2.24, 2.45) is 5.10 Å². The second-order valence-electron chi connectivity index (χ2n) is 5.49. The second kappa shape index (κ2) is 8.77. The van der Waals surface area contributed by atoms with Gasteiger partial charge in [0.05, 0.1) is 11.3 Å². The fourth-order valence-electron chi connectivity index (χ4n) is 2.07. The number of hydrogen-bond acceptors (Lipinski definition) is 6. The Kier molecular flexibility index (Phi) is 6.45. The van der Waals surface area contributed by atoms with Crippen LogP contribution in [-0.4, -0.2) is 27.6 Å². The topological polar surface area (TPSA) is 134 Å². The van der Waals surface area contributed by atoms with Gasteiger partial charge in [-0.15, -0.1) is 0 Å². The molecule has 0 heterocycles. The number of nitro groups is 1. The fraction of sp³-hybridized carbons (Fsp3) is 0.118. The molecule has 0 saturated carbocycles. The van der Waals surface area contributed by atoms with Crippen molar-refractivity contribution in [3.05, 3.63) is 63.2 Å². The molecule has 0 spiro atoms. The van der Waals surface area contributed by atoms with Crippen molar-refractivity contribution in [1.29, 1.82) is 0 Å². The molecule has 0 aromatic heterocycles. The summed E-state index contributed by atoms with van der Waals surface area (Å²) in [5, 5.41) is 26.5. The van der Waals surface area contributed by atoms with E-state index in [9.17, 15) is 24.8 Å². The molecule has 0 aliphatic heterocycles. The first-order valence-electron chi connectivity index (χ1n) is 7.62. The van der Waals surface area contributed by atoms with Gasteiger partial charge >= 0.3 is 0 Å². The highest BCUT2D eigenvalue weighted by Crippen LogP contribution is 2.27. The Hall–Kier alpha value is -3.46. The molecule has 0 fully saturated rings. The van der Waals surface area contributed by atoms with Crippen LogP contribution in [0, 0.1) is 10.1 Å². The zero-order valence-electron chi connectivity index (χ0n) is 14.1. The molecule has 3 N–H and O–H groups in total. The molecule has 10 heteroatoms. The first-order chi connectivity index (χ1) is 12.8. The molecule has 0 aliphatic carbocycles. The number of benzene rings is 2. The maximum absolute atomic E-state index is 12.0. The van der Waals surface area contributed by atoms with Gasteiger partial charge in [0, 0.05) is 23.0 Å². The highest BCUT2D eigenvalue weighted by molar-refractivity contribution is 6.32. The predicted octanol–water partition coefficient (Wildman–Crippen LogP) is 3.09. The number of halogens is 1. The number of carbonyl (C=O) groups excluding carboxylic acids is 2. The van der Waals surface area contributed by atoms with Gasteiger partial charge in [0.25, 0.3) is 11.6 Å². The van der Waals surface area contributed by atoms with Crippen LogP contribution in [0.25, 0.3) is 0 Å². The number of carbonyl (C=O) groups is 2. The Morgan fingerprint density at radius 2 is 2.00 bits per heavy atom. The zero-order chi connectivity index (χ0) is 20.0. The number of hydrazone groups is 1. The van der Waals surface area contributed by atoms with Gasteiger partial charge in [0.1, 0.15) is 10.8 Å². The lowest BCUT2D eigenvalue weighted by molar-refractivity contribution is -0.384. The van der Waals surface area contributed by atoms with Gasteiger partial charge in [0.2, 0.25) is 5.91 Å². The first-order valence-corrected chi connectivity index (χ1v) is 8.00. The number of nitrogens with one attached hydrogen (secondary N) is 2. The number of hydrogen-bond donors (Lipinski definition) is 3. The van der Waals surface area contributed by atoms with Crippen molar-refractivity contribution < 1.29 is 19.6 Å². The molecule has 27 heavy (non-hydrogen) atoms. The summed E-state index contributed by atoms with van der Waals surface area (Å²) in [7, 11) is 0. The van der Waals surface area contributed by atoms with Crippen molar-refractivity contribution in [2.75, 3.05) is 5.32 Å². The van der Waals surface area contributed by atoms with Crippen molar-refractivity contribution in [3.63, 3.8) is 0 Å². The summed E-state index contributed by atoms with van der Waals surface area (Å²) < 4.78 is 0. The van der Waals surface area contributed by atoms with Crippen LogP contribution in [0.5, 0.6) is 5.75 Å². The average Bonchev–Trinajstić information content (AvgIpc) is 2.61. The van der Waals surface area contributed by atoms with Crippen LogP contribution in [0.2, 0.25) is 5.02 Å². The molecule has 0 aliphatic rings. The third-order valence-corrected chi connectivity index (χ3v) is 3.62. The Labute approximate surface area is 158 Å². The van der Waals surface area contributed by atoms with Crippen LogP contribution >= 0.6 is 11.6 Å². The number of nitro benzene ring substituents is 1. The highest BCUT2D eigenvalue weighted by atomic mass is 35.5. The molecule has 0 radical (unpaired) electrons. The summed E-state index contributed by atoms with van der Waals surface area (Å²) in [6, 6.07) is 9.61. The standard InChI is InChI=1S/C17H15ClN4O5/c1-10(20-21-17(25)11-3-2-4-13(23)8-11)7-16(24)19-12-5-6-14(18)15(9-12)22(26)27/h2-6,8-9,23H,7H2,1H3,(H,19,24)(H,21,25)/b20-10-. The quantitative estimate of drug-likeness (QED) is 0.396. The minimum Gasteiger partial charge on any atom is -0.508 e. The molecule has 0 bridgehead atoms. The minimum atomic E-state index is -0.651. The van der Waals surface area contributed by atoms with Gasteiger partial charge < -0.3 is 10.4 Å². The van der Waals surface area contributed by atoms with Gasteiger partial charge in [-0.2, -0.15) is 5.10 Å². The van der Waals surface area contributed by atoms with Gasteiger partial charge in [-0.3, -0.25) is 19.7 Å². The lowest BCUT2D eigenvalue weighted by Crippen LogP contribution is -2.21. The SMILES string of the molecule is C/C(CC(=O)Nc1ccc(Cl)c([N+](=O)[O-])c1)=N/NC(=O)c1cccc(O)c1. The molecule has 0 atom stereocenters. The maximum Gasteiger partial charge on any atom is 0.289 e. The average molecular weight is 391 g/mol. The summed E-state index contributed by atoms with van der Waals surface area (Å²) in [6.45, 7) is 1.53. The predicted molar refractivity (Wildman–Crippen MR) is 100 cm³/mol. The van der Waals surface area contributed by atoms with Gasteiger partial charge in [-0.25, -0.2) is 5.43 Å². The molecule has 140 valence electrons. The van der Waals surface area contributed by atoms with Crippen LogP contribution < -0.4 is 10.7 Å². The van der Waals surface area contributed by atoms with Crippen LogP contribution in [0.1, 0.15) is 23.7 Å². The van der Waals surface area contributed by atoms with Crippen molar-refractivity contribution in [2.45, 2.75) is 13.3 Å². The molecule has 0 unspecified atom stereocenters. The van der Waals surface area contributed by atoms with E-state index in [1.54, 1.807) is 0 Å². The monoisotopic (exact) mass is 390 g/mol. The van der Waals surface area contributed by atoms with E-state index in [1.165, 1.54) is 43.3 Å². The summed E-state index contributed by atoms with van der Waals surface area (Å²) in [4.78, 5) is 34.1. The molecule has 0 saturated heterocycles. The number of aromatic hydroxyl groups is 1. The molecular weight excluding hydrogens is 376 g/mol. The largest absolute Gasteiger partial charge is 0.508 e. The Balaban J connectivity index is 1.95. The third kappa shape index (κ3) is 5.79. The summed E-state index contributed by atoms with van der Waals surface area (Å²) in [5.41, 5.74) is 2.69. The number of rotatable bonds is 6. The van der Waals surface area contributed by atoms with E-state index in [4.69, 9.17) is 11.6 Å². The number of amides is 2. The second-order valence-corrected chi connectivity index (χ2v) is 5.89. The van der Waals surface area contributed by atoms with Crippen molar-refractivity contribution >= 4 is 40.5 Å². The van der Waals surface area contributed by atoms with Gasteiger partial charge in [-0.1, -0.05) is 17.7 Å². The zero-order valence-corrected chi connectivity index (χ0v) is 14.9. The Morgan fingerprint density at radius 1 is 1.26 bits per heavy atom. The molecule has 2 amide bonds. The van der Waals surface area contributed by atoms with Gasteiger partial charge in [-0.05, 0) is 37.3 Å². The Bertz CT molecular complexity index is 929. The minimum absolute atomic E-state index is 0.0367. The molecular formula is C17H15ClN4O5. The van der Waals surface area contributed by atoms with E-state index in [0.29, 0.717) is 5.71 Å². The van der Waals surface area contributed by atoms with E-state index < -0.39 is 16.7 Å². The number of anilines is 1. The lowest BCUT2D eigenvalue weighted by Gasteiger charge is -2.06. The lowest BCUT2D eigenvalue weighted by atomic mass is 10.2. The molecule has 2 aromatic carbocycles. The van der Waals surface area contributed by atoms with Crippen LogP contribution in [-0.2, 0) is 4.79 Å². The van der Waals surface area contributed by atoms with E-state index in [2.05, 4.69) is 15.8 Å². The summed E-state index contributed by atoms with van der Waals surface area (Å²) in [6.07, 6.45) is -0.142. The summed E-state index contributed by atoms with van der Waals surface area (Å²) in [5.74, 6) is -1.07. The fourth-order valence-corrected chi connectivity index (χ4v) is 2.25. The van der Waals surface area contributed by atoms with Crippen molar-refractivity contribution in [1.82, 2.24) is 5.43 Å². The molecule has 2 rings (SSSR count). The van der Waals surface area contributed by atoms with E-state index in [-0.39, 0.29) is 34.1 Å². The third-order valence-electron chi connectivity index (χ3n) is 3.30. The Morgan fingerprint density at radius 3 is 2.67 bits per heavy atom. The van der Waals surface area contributed by atoms with Crippen LogP contribution in [0.4, 0.5) is 11.4 Å². The van der Waals surface area contributed by atoms with Crippen LogP contribution in [0.15, 0.2) is 47.6 Å². The maximum atomic E-state index is 12.0. The van der Waals surface area contributed by atoms with Crippen molar-refractivity contribution in [3.8, 4) is 5.75 Å². The number of phenolic OH excluding ortho intramolecular Hbond substituents is 1. The van der Waals surface area contributed by atoms with Crippen LogP contribution in [0.3, 0.4) is 0 Å². The first kappa shape index (κ1) is 19.9. The van der Waals surface area contributed by atoms with E-state index in [1.807, 2.05) is 0 Å². The normalized spacial score (nSPS) is 11.0. The van der Waals surface area contributed by atoms with E-state index in [0.717, 1.165) is 6.07 Å². The van der Waals surface area contributed by atoms with Gasteiger partial charge in [0.15, 0.2) is 0 Å². The van der Waals surface area contributed by atoms with E-state index >= 15 is 0 Å². The number of nitrogens with zero attached hydrogens (tertiary/aromatic N) is 2. The smallest absolute Gasteiger partial charge is 0.289 e. The summed E-state index contributed by atoms with van der Waals surface area (Å²) >= 11 is 5.71. The highest BCUT2D eigenvalue weighted by Gasteiger charge is 2.14. The molecule has 9 nitrogen and oxygen atoms in total. The molecule has 2 aromatic rings.